The molecule has 2 aromatic carbocycles. The van der Waals surface area contributed by atoms with Crippen molar-refractivity contribution in [1.29, 1.82) is 0 Å². The van der Waals surface area contributed by atoms with Gasteiger partial charge in [-0.05, 0) is 49.9 Å². The Morgan fingerprint density at radius 1 is 1.25 bits per heavy atom. The Labute approximate surface area is 166 Å². The third-order valence-corrected chi connectivity index (χ3v) is 5.83. The fourth-order valence-electron chi connectivity index (χ4n) is 4.17. The number of hydrogen-bond donors (Lipinski definition) is 1. The highest BCUT2D eigenvalue weighted by molar-refractivity contribution is 6.30. The number of aromatic amines is 1. The van der Waals surface area contributed by atoms with E-state index in [9.17, 15) is 14.0 Å². The van der Waals surface area contributed by atoms with Gasteiger partial charge >= 0.3 is 0 Å². The number of amides is 1. The highest BCUT2D eigenvalue weighted by Gasteiger charge is 2.40. The number of pyridine rings is 1. The fraction of sp³-hybridized carbons (Fsp3) is 0.273. The van der Waals surface area contributed by atoms with Gasteiger partial charge in [0.05, 0.1) is 10.6 Å². The van der Waals surface area contributed by atoms with Gasteiger partial charge in [-0.2, -0.15) is 0 Å². The Kier molecular flexibility index (Phi) is 4.71. The van der Waals surface area contributed by atoms with Gasteiger partial charge in [-0.3, -0.25) is 9.59 Å². The van der Waals surface area contributed by atoms with Crippen LogP contribution in [0.5, 0.6) is 0 Å². The minimum absolute atomic E-state index is 0.0811. The van der Waals surface area contributed by atoms with Gasteiger partial charge in [0, 0.05) is 29.1 Å². The lowest BCUT2D eigenvalue weighted by atomic mass is 9.89. The summed E-state index contributed by atoms with van der Waals surface area (Å²) in [7, 11) is 0. The average Bonchev–Trinajstić information content (AvgIpc) is 3.04. The summed E-state index contributed by atoms with van der Waals surface area (Å²) in [5.41, 5.74) is 1.20. The van der Waals surface area contributed by atoms with Gasteiger partial charge in [-0.15, -0.1) is 0 Å². The molecule has 1 aliphatic heterocycles. The molecular weight excluding hydrogens is 379 g/mol. The molecular formula is C22H20ClFN2O2. The van der Waals surface area contributed by atoms with Gasteiger partial charge in [-0.25, -0.2) is 4.39 Å². The monoisotopic (exact) mass is 398 g/mol. The lowest BCUT2D eigenvalue weighted by molar-refractivity contribution is 0.0626. The second-order valence-electron chi connectivity index (χ2n) is 7.58. The predicted molar refractivity (Wildman–Crippen MR) is 108 cm³/mol. The zero-order chi connectivity index (χ0) is 19.9. The maximum Gasteiger partial charge on any atom is 0.255 e. The number of likely N-dealkylation sites (tertiary alicyclic amines) is 1. The van der Waals surface area contributed by atoms with Gasteiger partial charge in [0.1, 0.15) is 5.82 Å². The van der Waals surface area contributed by atoms with Crippen LogP contribution in [0.3, 0.4) is 0 Å². The number of nitrogens with zero attached hydrogens (tertiary/aromatic N) is 1. The van der Waals surface area contributed by atoms with Crippen molar-refractivity contribution < 1.29 is 9.18 Å². The van der Waals surface area contributed by atoms with Crippen molar-refractivity contribution in [3.63, 3.8) is 0 Å². The van der Waals surface area contributed by atoms with Crippen LogP contribution in [0.1, 0.15) is 35.7 Å². The third kappa shape index (κ3) is 3.31. The fourth-order valence-corrected chi connectivity index (χ4v) is 4.37. The number of carbonyl (C=O) groups is 1. The maximum atomic E-state index is 13.5. The van der Waals surface area contributed by atoms with Crippen molar-refractivity contribution in [1.82, 2.24) is 9.88 Å². The van der Waals surface area contributed by atoms with E-state index in [1.807, 2.05) is 30.0 Å². The Balaban J connectivity index is 1.71. The summed E-state index contributed by atoms with van der Waals surface area (Å²) in [6, 6.07) is 13.3. The first-order chi connectivity index (χ1) is 13.4. The van der Waals surface area contributed by atoms with Crippen molar-refractivity contribution >= 4 is 28.4 Å². The Hall–Kier alpha value is -2.66. The van der Waals surface area contributed by atoms with Crippen LogP contribution < -0.4 is 5.56 Å². The number of rotatable bonds is 3. The van der Waals surface area contributed by atoms with E-state index in [4.69, 9.17) is 11.6 Å². The van der Waals surface area contributed by atoms with E-state index in [2.05, 4.69) is 4.98 Å². The number of carbonyl (C=O) groups excluding carboxylic acids is 1. The van der Waals surface area contributed by atoms with Crippen molar-refractivity contribution in [2.45, 2.75) is 31.7 Å². The first kappa shape index (κ1) is 18.7. The van der Waals surface area contributed by atoms with Crippen LogP contribution in [0.25, 0.3) is 10.9 Å². The summed E-state index contributed by atoms with van der Waals surface area (Å²) in [4.78, 5) is 30.1. The molecule has 0 radical (unpaired) electrons. The number of aromatic nitrogens is 1. The van der Waals surface area contributed by atoms with Gasteiger partial charge in [0.25, 0.3) is 5.91 Å². The van der Waals surface area contributed by atoms with Crippen molar-refractivity contribution in [2.24, 2.45) is 0 Å². The van der Waals surface area contributed by atoms with Crippen molar-refractivity contribution in [3.05, 3.63) is 80.9 Å². The van der Waals surface area contributed by atoms with E-state index in [-0.39, 0.29) is 16.5 Å². The van der Waals surface area contributed by atoms with Crippen LogP contribution >= 0.6 is 11.6 Å². The van der Waals surface area contributed by atoms with E-state index in [0.29, 0.717) is 24.0 Å². The van der Waals surface area contributed by atoms with Crippen molar-refractivity contribution in [2.75, 3.05) is 6.54 Å². The molecule has 144 valence electrons. The molecule has 1 saturated heterocycles. The first-order valence-corrected chi connectivity index (χ1v) is 9.63. The van der Waals surface area contributed by atoms with Crippen LogP contribution in [0.15, 0.2) is 53.3 Å². The Morgan fingerprint density at radius 3 is 2.82 bits per heavy atom. The number of hydrogen-bond acceptors (Lipinski definition) is 2. The smallest absolute Gasteiger partial charge is 0.255 e. The summed E-state index contributed by atoms with van der Waals surface area (Å²) >= 11 is 5.93. The van der Waals surface area contributed by atoms with Crippen molar-refractivity contribution in [3.8, 4) is 0 Å². The number of H-pyrrole nitrogens is 1. The molecule has 1 aliphatic rings. The lowest BCUT2D eigenvalue weighted by Gasteiger charge is -2.36. The Morgan fingerprint density at radius 2 is 2.04 bits per heavy atom. The zero-order valence-corrected chi connectivity index (χ0v) is 16.2. The van der Waals surface area contributed by atoms with E-state index < -0.39 is 11.4 Å². The lowest BCUT2D eigenvalue weighted by Crippen LogP contribution is -2.46. The third-order valence-electron chi connectivity index (χ3n) is 5.54. The first-order valence-electron chi connectivity index (χ1n) is 9.25. The van der Waals surface area contributed by atoms with Gasteiger partial charge in [0.15, 0.2) is 0 Å². The van der Waals surface area contributed by atoms with Crippen LogP contribution in [-0.4, -0.2) is 27.9 Å². The zero-order valence-electron chi connectivity index (χ0n) is 15.5. The number of fused-ring (bicyclic) bond motifs is 1. The SMILES string of the molecule is CC1(Cc2ccc(F)c(Cl)c2)CCCN1C(=O)c1cc(=O)[nH]c2ccccc12. The molecule has 0 aliphatic carbocycles. The second-order valence-corrected chi connectivity index (χ2v) is 7.98. The van der Waals surface area contributed by atoms with Gasteiger partial charge in [0.2, 0.25) is 5.56 Å². The molecule has 1 fully saturated rings. The minimum Gasteiger partial charge on any atom is -0.333 e. The minimum atomic E-state index is -0.454. The molecule has 4 rings (SSSR count). The molecule has 1 amide bonds. The highest BCUT2D eigenvalue weighted by atomic mass is 35.5. The molecule has 28 heavy (non-hydrogen) atoms. The maximum absolute atomic E-state index is 13.5. The molecule has 1 unspecified atom stereocenters. The van der Waals surface area contributed by atoms with Gasteiger partial charge in [-0.1, -0.05) is 35.9 Å². The van der Waals surface area contributed by atoms with E-state index >= 15 is 0 Å². The molecule has 0 saturated carbocycles. The Bertz CT molecular complexity index is 1130. The van der Waals surface area contributed by atoms with Crippen LogP contribution in [0.4, 0.5) is 4.39 Å². The molecule has 1 atom stereocenters. The molecule has 2 heterocycles. The van der Waals surface area contributed by atoms with Crippen LogP contribution in [0.2, 0.25) is 5.02 Å². The summed E-state index contributed by atoms with van der Waals surface area (Å²) in [6.07, 6.45) is 2.27. The molecule has 0 bridgehead atoms. The number of halogens is 2. The molecule has 0 spiro atoms. The van der Waals surface area contributed by atoms with Gasteiger partial charge < -0.3 is 9.88 Å². The van der Waals surface area contributed by atoms with E-state index in [1.165, 1.54) is 12.1 Å². The quantitative estimate of drug-likeness (QED) is 0.703. The summed E-state index contributed by atoms with van der Waals surface area (Å²) in [5, 5.41) is 0.809. The van der Waals surface area contributed by atoms with Crippen LogP contribution in [-0.2, 0) is 6.42 Å². The predicted octanol–water partition coefficient (Wildman–Crippen LogP) is 4.56. The molecule has 4 nitrogen and oxygen atoms in total. The molecule has 1 N–H and O–H groups in total. The summed E-state index contributed by atoms with van der Waals surface area (Å²) in [5.74, 6) is -0.611. The van der Waals surface area contributed by atoms with E-state index in [1.54, 1.807) is 18.2 Å². The average molecular weight is 399 g/mol. The number of benzene rings is 2. The van der Waals surface area contributed by atoms with Crippen LogP contribution in [0, 0.1) is 5.82 Å². The second kappa shape index (κ2) is 7.06. The standard InChI is InChI=1S/C22H20ClFN2O2/c1-22(13-14-7-8-18(24)17(23)11-14)9-4-10-26(22)21(28)16-12-20(27)25-19-6-3-2-5-15(16)19/h2-3,5-8,11-12H,4,9-10,13H2,1H3,(H,25,27). The highest BCUT2D eigenvalue weighted by Crippen LogP contribution is 2.35. The molecule has 6 heteroatoms. The van der Waals surface area contributed by atoms with E-state index in [0.717, 1.165) is 23.8 Å². The summed E-state index contributed by atoms with van der Waals surface area (Å²) in [6.45, 7) is 2.65. The normalized spacial score (nSPS) is 19.3. The topological polar surface area (TPSA) is 53.2 Å². The number of nitrogens with one attached hydrogen (secondary N) is 1. The number of para-hydroxylation sites is 1. The molecule has 3 aromatic rings. The largest absolute Gasteiger partial charge is 0.333 e. The summed E-state index contributed by atoms with van der Waals surface area (Å²) < 4.78 is 13.5. The molecule has 1 aromatic heterocycles.